The molecule has 0 unspecified atom stereocenters. The van der Waals surface area contributed by atoms with E-state index in [2.05, 4.69) is 0 Å². The van der Waals surface area contributed by atoms with Gasteiger partial charge in [-0.25, -0.2) is 4.39 Å². The number of benzene rings is 2. The molecule has 0 fully saturated rings. The van der Waals surface area contributed by atoms with E-state index in [-0.39, 0.29) is 12.4 Å². The van der Waals surface area contributed by atoms with Crippen molar-refractivity contribution in [3.8, 4) is 5.75 Å². The maximum absolute atomic E-state index is 13.5. The molecule has 106 valence electrons. The van der Waals surface area contributed by atoms with Crippen molar-refractivity contribution in [3.05, 3.63) is 65.5 Å². The van der Waals surface area contributed by atoms with Crippen molar-refractivity contribution in [1.82, 2.24) is 0 Å². The van der Waals surface area contributed by atoms with Gasteiger partial charge < -0.3 is 9.84 Å². The summed E-state index contributed by atoms with van der Waals surface area (Å²) in [5.74, 6) is 0.266. The van der Waals surface area contributed by atoms with E-state index >= 15 is 0 Å². The van der Waals surface area contributed by atoms with Gasteiger partial charge in [0.2, 0.25) is 0 Å². The molecule has 2 aromatic rings. The van der Waals surface area contributed by atoms with Gasteiger partial charge in [-0.2, -0.15) is 0 Å². The summed E-state index contributed by atoms with van der Waals surface area (Å²) >= 11 is 0. The SMILES string of the molecule is OCCCCc1cc(F)cc(OCc2ccccc2)c1. The van der Waals surface area contributed by atoms with Crippen LogP contribution in [0.25, 0.3) is 0 Å². The Morgan fingerprint density at radius 2 is 1.75 bits per heavy atom. The highest BCUT2D eigenvalue weighted by atomic mass is 19.1. The van der Waals surface area contributed by atoms with Gasteiger partial charge in [0.1, 0.15) is 18.2 Å². The third-order valence-electron chi connectivity index (χ3n) is 3.05. The van der Waals surface area contributed by atoms with Gasteiger partial charge in [-0.1, -0.05) is 30.3 Å². The predicted molar refractivity (Wildman–Crippen MR) is 77.2 cm³/mol. The first-order valence-corrected chi connectivity index (χ1v) is 6.85. The highest BCUT2D eigenvalue weighted by molar-refractivity contribution is 5.30. The van der Waals surface area contributed by atoms with Crippen LogP contribution in [0.5, 0.6) is 5.75 Å². The average Bonchev–Trinajstić information content (AvgIpc) is 2.46. The molecule has 0 amide bonds. The molecule has 2 nitrogen and oxygen atoms in total. The van der Waals surface area contributed by atoms with Gasteiger partial charge in [-0.3, -0.25) is 0 Å². The molecule has 0 heterocycles. The van der Waals surface area contributed by atoms with Gasteiger partial charge in [0.05, 0.1) is 0 Å². The summed E-state index contributed by atoms with van der Waals surface area (Å²) in [5.41, 5.74) is 1.96. The van der Waals surface area contributed by atoms with Gasteiger partial charge in [0.25, 0.3) is 0 Å². The van der Waals surface area contributed by atoms with E-state index in [1.807, 2.05) is 36.4 Å². The van der Waals surface area contributed by atoms with Crippen LogP contribution < -0.4 is 4.74 Å². The zero-order valence-corrected chi connectivity index (χ0v) is 11.4. The number of rotatable bonds is 7. The molecule has 1 N–H and O–H groups in total. The highest BCUT2D eigenvalue weighted by Gasteiger charge is 2.03. The lowest BCUT2D eigenvalue weighted by atomic mass is 10.1. The minimum Gasteiger partial charge on any atom is -0.489 e. The number of hydrogen-bond acceptors (Lipinski definition) is 2. The Balaban J connectivity index is 1.97. The van der Waals surface area contributed by atoms with Crippen molar-refractivity contribution in [2.45, 2.75) is 25.9 Å². The molecule has 0 aromatic heterocycles. The molecular formula is C17H19FO2. The van der Waals surface area contributed by atoms with Crippen LogP contribution in [-0.4, -0.2) is 11.7 Å². The number of aliphatic hydroxyl groups excluding tert-OH is 1. The first kappa shape index (κ1) is 14.5. The molecule has 2 rings (SSSR count). The van der Waals surface area contributed by atoms with Crippen LogP contribution >= 0.6 is 0 Å². The van der Waals surface area contributed by atoms with E-state index in [0.717, 1.165) is 30.4 Å². The first-order valence-electron chi connectivity index (χ1n) is 6.85. The van der Waals surface area contributed by atoms with Crippen LogP contribution in [0.1, 0.15) is 24.0 Å². The number of halogens is 1. The maximum atomic E-state index is 13.5. The minimum atomic E-state index is -0.283. The summed E-state index contributed by atoms with van der Waals surface area (Å²) < 4.78 is 19.2. The minimum absolute atomic E-state index is 0.173. The molecule has 0 aliphatic heterocycles. The Hall–Kier alpha value is -1.87. The topological polar surface area (TPSA) is 29.5 Å². The normalized spacial score (nSPS) is 10.5. The van der Waals surface area contributed by atoms with Gasteiger partial charge in [-0.15, -0.1) is 0 Å². The molecule has 0 saturated carbocycles. The fraction of sp³-hybridized carbons (Fsp3) is 0.294. The summed E-state index contributed by atoms with van der Waals surface area (Å²) in [6.45, 7) is 0.604. The molecular weight excluding hydrogens is 255 g/mol. The number of unbranched alkanes of at least 4 members (excludes halogenated alkanes) is 1. The third-order valence-corrected chi connectivity index (χ3v) is 3.05. The zero-order chi connectivity index (χ0) is 14.2. The zero-order valence-electron chi connectivity index (χ0n) is 11.4. The second-order valence-corrected chi connectivity index (χ2v) is 4.75. The quantitative estimate of drug-likeness (QED) is 0.780. The van der Waals surface area contributed by atoms with E-state index in [9.17, 15) is 4.39 Å². The van der Waals surface area contributed by atoms with Crippen LogP contribution in [0, 0.1) is 5.82 Å². The molecule has 0 radical (unpaired) electrons. The number of ether oxygens (including phenoxy) is 1. The predicted octanol–water partition coefficient (Wildman–Crippen LogP) is 3.72. The van der Waals surface area contributed by atoms with Crippen LogP contribution in [0.2, 0.25) is 0 Å². The molecule has 0 bridgehead atoms. The van der Waals surface area contributed by atoms with E-state index in [1.54, 1.807) is 0 Å². The summed E-state index contributed by atoms with van der Waals surface area (Å²) in [6.07, 6.45) is 2.33. The smallest absolute Gasteiger partial charge is 0.127 e. The number of aliphatic hydroxyl groups is 1. The van der Waals surface area contributed by atoms with Crippen LogP contribution in [-0.2, 0) is 13.0 Å². The van der Waals surface area contributed by atoms with Crippen molar-refractivity contribution in [3.63, 3.8) is 0 Å². The fourth-order valence-corrected chi connectivity index (χ4v) is 2.03. The first-order chi connectivity index (χ1) is 9.78. The summed E-state index contributed by atoms with van der Waals surface area (Å²) in [7, 11) is 0. The second-order valence-electron chi connectivity index (χ2n) is 4.75. The Morgan fingerprint density at radius 1 is 0.950 bits per heavy atom. The molecule has 0 aliphatic carbocycles. The number of aryl methyl sites for hydroxylation is 1. The Bertz CT molecular complexity index is 526. The highest BCUT2D eigenvalue weighted by Crippen LogP contribution is 2.19. The Morgan fingerprint density at radius 3 is 2.50 bits per heavy atom. The Kier molecular flexibility index (Phi) is 5.56. The lowest BCUT2D eigenvalue weighted by molar-refractivity contribution is 0.284. The maximum Gasteiger partial charge on any atom is 0.127 e. The van der Waals surface area contributed by atoms with E-state index in [1.165, 1.54) is 12.1 Å². The van der Waals surface area contributed by atoms with Crippen LogP contribution in [0.15, 0.2) is 48.5 Å². The molecule has 0 saturated heterocycles. The van der Waals surface area contributed by atoms with Crippen LogP contribution in [0.3, 0.4) is 0 Å². The van der Waals surface area contributed by atoms with Crippen molar-refractivity contribution in [2.75, 3.05) is 6.61 Å². The van der Waals surface area contributed by atoms with Crippen molar-refractivity contribution in [1.29, 1.82) is 0 Å². The molecule has 0 spiro atoms. The van der Waals surface area contributed by atoms with Crippen molar-refractivity contribution >= 4 is 0 Å². The molecule has 3 heteroatoms. The molecule has 0 aliphatic rings. The molecule has 20 heavy (non-hydrogen) atoms. The standard InChI is InChI=1S/C17H19FO2/c18-16-10-15(8-4-5-9-19)11-17(12-16)20-13-14-6-2-1-3-7-14/h1-3,6-7,10-12,19H,4-5,8-9,13H2. The second kappa shape index (κ2) is 7.65. The van der Waals surface area contributed by atoms with Crippen molar-refractivity contribution < 1.29 is 14.2 Å². The van der Waals surface area contributed by atoms with Gasteiger partial charge in [-0.05, 0) is 42.5 Å². The summed E-state index contributed by atoms with van der Waals surface area (Å²) in [4.78, 5) is 0. The van der Waals surface area contributed by atoms with E-state index in [4.69, 9.17) is 9.84 Å². The summed E-state index contributed by atoms with van der Waals surface area (Å²) in [5, 5.41) is 8.76. The fourth-order valence-electron chi connectivity index (χ4n) is 2.03. The van der Waals surface area contributed by atoms with Gasteiger partial charge in [0, 0.05) is 12.7 Å². The lowest BCUT2D eigenvalue weighted by Gasteiger charge is -2.09. The monoisotopic (exact) mass is 274 g/mol. The molecule has 2 aromatic carbocycles. The van der Waals surface area contributed by atoms with Crippen LogP contribution in [0.4, 0.5) is 4.39 Å². The van der Waals surface area contributed by atoms with Crippen molar-refractivity contribution in [2.24, 2.45) is 0 Å². The van der Waals surface area contributed by atoms with E-state index < -0.39 is 0 Å². The molecule has 0 atom stereocenters. The Labute approximate surface area is 118 Å². The van der Waals surface area contributed by atoms with Gasteiger partial charge >= 0.3 is 0 Å². The summed E-state index contributed by atoms with van der Waals surface area (Å²) in [6, 6.07) is 14.6. The van der Waals surface area contributed by atoms with E-state index in [0.29, 0.717) is 12.4 Å². The average molecular weight is 274 g/mol. The third kappa shape index (κ3) is 4.67. The largest absolute Gasteiger partial charge is 0.489 e. The lowest BCUT2D eigenvalue weighted by Crippen LogP contribution is -1.97. The number of hydrogen-bond donors (Lipinski definition) is 1. The van der Waals surface area contributed by atoms with Gasteiger partial charge in [0.15, 0.2) is 0 Å².